The number of anilines is 1. The van der Waals surface area contributed by atoms with E-state index in [1.165, 1.54) is 32.1 Å². The van der Waals surface area contributed by atoms with E-state index in [1.54, 1.807) is 0 Å². The first-order valence-corrected chi connectivity index (χ1v) is 9.62. The van der Waals surface area contributed by atoms with Crippen molar-refractivity contribution in [2.45, 2.75) is 56.7 Å². The molecule has 0 unspecified atom stereocenters. The number of hydrogen-bond donors (Lipinski definition) is 2. The van der Waals surface area contributed by atoms with Crippen LogP contribution in [0.25, 0.3) is 11.0 Å². The van der Waals surface area contributed by atoms with Crippen molar-refractivity contribution < 1.29 is 9.21 Å². The average molecular weight is 339 g/mol. The smallest absolute Gasteiger partial charge is 0.251 e. The molecule has 1 aromatic heterocycles. The maximum Gasteiger partial charge on any atom is 0.251 e. The largest absolute Gasteiger partial charge is 0.441 e. The Hall–Kier alpha value is -2.01. The number of piperidine rings is 1. The molecule has 4 heterocycles. The van der Waals surface area contributed by atoms with E-state index in [0.717, 1.165) is 41.9 Å². The lowest BCUT2D eigenvalue weighted by Gasteiger charge is -2.25. The van der Waals surface area contributed by atoms with Gasteiger partial charge in [0.25, 0.3) is 5.91 Å². The number of carbonyl (C=O) groups is 1. The van der Waals surface area contributed by atoms with Gasteiger partial charge in [0.15, 0.2) is 5.88 Å². The third-order valence-electron chi connectivity index (χ3n) is 6.05. The van der Waals surface area contributed by atoms with Crippen molar-refractivity contribution in [3.63, 3.8) is 0 Å². The minimum absolute atomic E-state index is 0.0296. The molecule has 3 fully saturated rings. The fourth-order valence-corrected chi connectivity index (χ4v) is 4.68. The Morgan fingerprint density at radius 2 is 2.04 bits per heavy atom. The number of rotatable bonds is 3. The fourth-order valence-electron chi connectivity index (χ4n) is 4.68. The zero-order valence-electron chi connectivity index (χ0n) is 14.5. The lowest BCUT2D eigenvalue weighted by molar-refractivity contribution is 0.0931. The van der Waals surface area contributed by atoms with Gasteiger partial charge in [-0.1, -0.05) is 0 Å². The minimum atomic E-state index is 0.0296. The second kappa shape index (κ2) is 6.06. The summed E-state index contributed by atoms with van der Waals surface area (Å²) < 4.78 is 6.00. The predicted molar refractivity (Wildman–Crippen MR) is 98.1 cm³/mol. The number of hydrogen-bond acceptors (Lipinski definition) is 4. The Bertz CT molecular complexity index is 793. The van der Waals surface area contributed by atoms with Crippen molar-refractivity contribution in [2.24, 2.45) is 0 Å². The Kier molecular flexibility index (Phi) is 3.70. The quantitative estimate of drug-likeness (QED) is 0.902. The zero-order chi connectivity index (χ0) is 16.8. The highest BCUT2D eigenvalue weighted by Gasteiger charge is 2.39. The van der Waals surface area contributed by atoms with Crippen LogP contribution in [0.1, 0.15) is 48.9 Å². The van der Waals surface area contributed by atoms with Gasteiger partial charge in [-0.25, -0.2) is 0 Å². The van der Waals surface area contributed by atoms with Crippen LogP contribution < -0.4 is 15.5 Å². The molecular formula is C20H25N3O2. The van der Waals surface area contributed by atoms with Crippen LogP contribution in [0.2, 0.25) is 0 Å². The lowest BCUT2D eigenvalue weighted by atomic mass is 9.95. The molecule has 25 heavy (non-hydrogen) atoms. The van der Waals surface area contributed by atoms with Gasteiger partial charge in [-0.3, -0.25) is 4.79 Å². The molecule has 3 saturated heterocycles. The van der Waals surface area contributed by atoms with Gasteiger partial charge in [0.1, 0.15) is 5.58 Å². The number of fused-ring (bicyclic) bond motifs is 3. The summed E-state index contributed by atoms with van der Waals surface area (Å²) in [7, 11) is 0. The standard InChI is InChI=1S/C20H25N3O2/c24-20(22-17-12-15-5-6-16(17)21-15)13-4-7-18-14(10-13)11-19(25-18)23-8-2-1-3-9-23/h4,7,10-11,15-17,21H,1-3,5-6,8-9,12H2,(H,22,24)/t15-,16+,17-/m1/s1. The van der Waals surface area contributed by atoms with Gasteiger partial charge in [-0.05, 0) is 56.7 Å². The van der Waals surface area contributed by atoms with Crippen molar-refractivity contribution in [3.8, 4) is 0 Å². The van der Waals surface area contributed by atoms with Crippen LogP contribution in [-0.2, 0) is 0 Å². The molecule has 2 bridgehead atoms. The van der Waals surface area contributed by atoms with E-state index in [0.29, 0.717) is 12.1 Å². The molecule has 5 rings (SSSR count). The van der Waals surface area contributed by atoms with E-state index in [1.807, 2.05) is 18.2 Å². The Morgan fingerprint density at radius 1 is 1.16 bits per heavy atom. The summed E-state index contributed by atoms with van der Waals surface area (Å²) in [6, 6.07) is 9.17. The molecule has 0 spiro atoms. The monoisotopic (exact) mass is 339 g/mol. The molecule has 5 heteroatoms. The Labute approximate surface area is 147 Å². The van der Waals surface area contributed by atoms with Crippen LogP contribution in [-0.4, -0.2) is 37.1 Å². The SMILES string of the molecule is O=C(N[C@@H]1C[C@H]2CC[C@@H]1N2)c1ccc2oc(N3CCCCC3)cc2c1. The Balaban J connectivity index is 1.34. The van der Waals surface area contributed by atoms with Gasteiger partial charge in [0.05, 0.1) is 0 Å². The van der Waals surface area contributed by atoms with Crippen molar-refractivity contribution in [2.75, 3.05) is 18.0 Å². The molecule has 132 valence electrons. The van der Waals surface area contributed by atoms with Crippen LogP contribution in [0.4, 0.5) is 5.88 Å². The van der Waals surface area contributed by atoms with Crippen molar-refractivity contribution in [1.29, 1.82) is 0 Å². The number of carbonyl (C=O) groups excluding carboxylic acids is 1. The van der Waals surface area contributed by atoms with E-state index in [2.05, 4.69) is 21.6 Å². The van der Waals surface area contributed by atoms with Crippen molar-refractivity contribution in [3.05, 3.63) is 29.8 Å². The van der Waals surface area contributed by atoms with Gasteiger partial charge < -0.3 is 20.0 Å². The fraction of sp³-hybridized carbons (Fsp3) is 0.550. The summed E-state index contributed by atoms with van der Waals surface area (Å²) in [5.74, 6) is 0.964. The first-order valence-electron chi connectivity index (χ1n) is 9.62. The molecule has 1 amide bonds. The highest BCUT2D eigenvalue weighted by molar-refractivity contribution is 5.98. The molecule has 3 aliphatic rings. The van der Waals surface area contributed by atoms with Gasteiger partial charge in [-0.15, -0.1) is 0 Å². The lowest BCUT2D eigenvalue weighted by Crippen LogP contribution is -2.42. The second-order valence-electron chi connectivity index (χ2n) is 7.75. The van der Waals surface area contributed by atoms with Gasteiger partial charge in [-0.2, -0.15) is 0 Å². The minimum Gasteiger partial charge on any atom is -0.441 e. The maximum atomic E-state index is 12.6. The van der Waals surface area contributed by atoms with E-state index in [-0.39, 0.29) is 11.9 Å². The molecule has 3 atom stereocenters. The maximum absolute atomic E-state index is 12.6. The molecule has 0 saturated carbocycles. The molecule has 2 aromatic rings. The average Bonchev–Trinajstić information content (AvgIpc) is 3.36. The third-order valence-corrected chi connectivity index (χ3v) is 6.05. The summed E-state index contributed by atoms with van der Waals surface area (Å²) >= 11 is 0. The highest BCUT2D eigenvalue weighted by Crippen LogP contribution is 2.30. The van der Waals surface area contributed by atoms with Gasteiger partial charge >= 0.3 is 0 Å². The normalized spacial score (nSPS) is 28.6. The van der Waals surface area contributed by atoms with E-state index >= 15 is 0 Å². The van der Waals surface area contributed by atoms with Crippen LogP contribution >= 0.6 is 0 Å². The van der Waals surface area contributed by atoms with Gasteiger partial charge in [0.2, 0.25) is 0 Å². The first kappa shape index (κ1) is 15.3. The summed E-state index contributed by atoms with van der Waals surface area (Å²) in [5, 5.41) is 7.80. The summed E-state index contributed by atoms with van der Waals surface area (Å²) in [6.45, 7) is 2.12. The third kappa shape index (κ3) is 2.80. The van der Waals surface area contributed by atoms with E-state index < -0.39 is 0 Å². The van der Waals surface area contributed by atoms with Crippen LogP contribution in [0.5, 0.6) is 0 Å². The molecule has 5 nitrogen and oxygen atoms in total. The van der Waals surface area contributed by atoms with Crippen LogP contribution in [0, 0.1) is 0 Å². The molecule has 2 N–H and O–H groups in total. The summed E-state index contributed by atoms with van der Waals surface area (Å²) in [5.41, 5.74) is 1.58. The molecule has 1 aromatic carbocycles. The number of amides is 1. The predicted octanol–water partition coefficient (Wildman–Crippen LogP) is 3.05. The van der Waals surface area contributed by atoms with Crippen LogP contribution in [0.15, 0.2) is 28.7 Å². The van der Waals surface area contributed by atoms with Crippen molar-refractivity contribution >= 4 is 22.8 Å². The number of nitrogens with one attached hydrogen (secondary N) is 2. The number of nitrogens with zero attached hydrogens (tertiary/aromatic N) is 1. The molecular weight excluding hydrogens is 314 g/mol. The summed E-state index contributed by atoms with van der Waals surface area (Å²) in [6.07, 6.45) is 7.24. The summed E-state index contributed by atoms with van der Waals surface area (Å²) in [4.78, 5) is 15.0. The first-order chi connectivity index (χ1) is 12.3. The second-order valence-corrected chi connectivity index (χ2v) is 7.75. The molecule has 0 aliphatic carbocycles. The zero-order valence-corrected chi connectivity index (χ0v) is 14.5. The van der Waals surface area contributed by atoms with Gasteiger partial charge in [0, 0.05) is 48.2 Å². The number of furan rings is 1. The highest BCUT2D eigenvalue weighted by atomic mass is 16.4. The van der Waals surface area contributed by atoms with Crippen LogP contribution in [0.3, 0.4) is 0 Å². The Morgan fingerprint density at radius 3 is 2.80 bits per heavy atom. The molecule has 0 radical (unpaired) electrons. The van der Waals surface area contributed by atoms with E-state index in [4.69, 9.17) is 4.42 Å². The molecule has 3 aliphatic heterocycles. The topological polar surface area (TPSA) is 57.5 Å². The number of benzene rings is 1. The van der Waals surface area contributed by atoms with Crippen molar-refractivity contribution in [1.82, 2.24) is 10.6 Å². The van der Waals surface area contributed by atoms with E-state index in [9.17, 15) is 4.79 Å².